The van der Waals surface area contributed by atoms with Crippen molar-refractivity contribution in [3.63, 3.8) is 0 Å². The first-order chi connectivity index (χ1) is 8.95. The Morgan fingerprint density at radius 2 is 1.89 bits per heavy atom. The van der Waals surface area contributed by atoms with Gasteiger partial charge in [0, 0.05) is 30.7 Å². The number of piperazine rings is 1. The third-order valence-electron chi connectivity index (χ3n) is 3.31. The fourth-order valence-corrected chi connectivity index (χ4v) is 4.17. The molecule has 4 nitrogen and oxygen atoms in total. The summed E-state index contributed by atoms with van der Waals surface area (Å²) >= 11 is 9.15. The zero-order valence-electron chi connectivity index (χ0n) is 10.6. The van der Waals surface area contributed by atoms with Crippen LogP contribution in [-0.2, 0) is 10.0 Å². The van der Waals surface area contributed by atoms with E-state index in [9.17, 15) is 8.42 Å². The molecule has 1 saturated heterocycles. The largest absolute Gasteiger partial charge is 0.301 e. The number of halogens is 2. The molecule has 7 heteroatoms. The number of rotatable bonds is 3. The number of likely N-dealkylation sites (N-methyl/N-ethyl adjacent to an activating group) is 1. The van der Waals surface area contributed by atoms with Crippen LogP contribution in [0.4, 0.5) is 0 Å². The van der Waals surface area contributed by atoms with E-state index < -0.39 is 10.0 Å². The van der Waals surface area contributed by atoms with Crippen molar-refractivity contribution in [2.75, 3.05) is 32.7 Å². The van der Waals surface area contributed by atoms with E-state index in [1.165, 1.54) is 4.31 Å². The summed E-state index contributed by atoms with van der Waals surface area (Å²) in [5.74, 6) is 0. The van der Waals surface area contributed by atoms with Crippen molar-refractivity contribution in [3.8, 4) is 0 Å². The Balaban J connectivity index is 2.21. The molecule has 0 unspecified atom stereocenters. The maximum Gasteiger partial charge on any atom is 0.243 e. The maximum absolute atomic E-state index is 12.5. The Kier molecular flexibility index (Phi) is 4.89. The number of sulfonamides is 1. The highest BCUT2D eigenvalue weighted by Crippen LogP contribution is 2.27. The molecule has 0 aromatic heterocycles. The highest BCUT2D eigenvalue weighted by Gasteiger charge is 2.28. The van der Waals surface area contributed by atoms with E-state index in [1.807, 2.05) is 0 Å². The Morgan fingerprint density at radius 1 is 1.26 bits per heavy atom. The summed E-state index contributed by atoms with van der Waals surface area (Å²) in [6, 6.07) is 4.71. The minimum Gasteiger partial charge on any atom is -0.301 e. The van der Waals surface area contributed by atoms with Crippen LogP contribution in [0.2, 0.25) is 5.02 Å². The van der Waals surface area contributed by atoms with Gasteiger partial charge in [0.1, 0.15) is 0 Å². The lowest BCUT2D eigenvalue weighted by atomic mass is 10.4. The number of hydrogen-bond donors (Lipinski definition) is 0. The molecule has 0 amide bonds. The van der Waals surface area contributed by atoms with Gasteiger partial charge in [-0.3, -0.25) is 0 Å². The summed E-state index contributed by atoms with van der Waals surface area (Å²) in [7, 11) is -3.41. The topological polar surface area (TPSA) is 40.6 Å². The number of hydrogen-bond acceptors (Lipinski definition) is 3. The molecule has 1 aliphatic heterocycles. The van der Waals surface area contributed by atoms with Gasteiger partial charge < -0.3 is 4.90 Å². The first kappa shape index (κ1) is 15.3. The second-order valence-electron chi connectivity index (χ2n) is 4.41. The Bertz CT molecular complexity index is 557. The van der Waals surface area contributed by atoms with E-state index in [1.54, 1.807) is 18.2 Å². The molecule has 0 radical (unpaired) electrons. The average Bonchev–Trinajstić information content (AvgIpc) is 2.41. The molecular formula is C12H16BrClN2O2S. The van der Waals surface area contributed by atoms with Crippen LogP contribution in [0.15, 0.2) is 27.6 Å². The van der Waals surface area contributed by atoms with Gasteiger partial charge in [-0.2, -0.15) is 4.31 Å². The second kappa shape index (κ2) is 6.10. The zero-order valence-corrected chi connectivity index (χ0v) is 13.8. The zero-order chi connectivity index (χ0) is 14.0. The van der Waals surface area contributed by atoms with Crippen LogP contribution in [0.25, 0.3) is 0 Å². The van der Waals surface area contributed by atoms with Crippen LogP contribution >= 0.6 is 27.5 Å². The van der Waals surface area contributed by atoms with Crippen LogP contribution in [0.1, 0.15) is 6.92 Å². The van der Waals surface area contributed by atoms with Crippen LogP contribution in [0, 0.1) is 0 Å². The van der Waals surface area contributed by atoms with Crippen molar-refractivity contribution in [2.45, 2.75) is 11.8 Å². The van der Waals surface area contributed by atoms with E-state index in [-0.39, 0.29) is 4.90 Å². The minimum atomic E-state index is -3.41. The highest BCUT2D eigenvalue weighted by molar-refractivity contribution is 9.10. The maximum atomic E-state index is 12.5. The van der Waals surface area contributed by atoms with Crippen molar-refractivity contribution >= 4 is 37.6 Å². The van der Waals surface area contributed by atoms with E-state index in [0.717, 1.165) is 19.6 Å². The van der Waals surface area contributed by atoms with Crippen LogP contribution < -0.4 is 0 Å². The van der Waals surface area contributed by atoms with E-state index >= 15 is 0 Å². The molecule has 0 bridgehead atoms. The monoisotopic (exact) mass is 366 g/mol. The predicted molar refractivity (Wildman–Crippen MR) is 80.0 cm³/mol. The summed E-state index contributed by atoms with van der Waals surface area (Å²) in [6.07, 6.45) is 0. The van der Waals surface area contributed by atoms with Gasteiger partial charge >= 0.3 is 0 Å². The van der Waals surface area contributed by atoms with Gasteiger partial charge in [0.15, 0.2) is 0 Å². The molecule has 1 fully saturated rings. The molecule has 0 spiro atoms. The normalized spacial score (nSPS) is 18.7. The van der Waals surface area contributed by atoms with Crippen molar-refractivity contribution in [3.05, 3.63) is 27.7 Å². The van der Waals surface area contributed by atoms with Gasteiger partial charge in [-0.25, -0.2) is 8.42 Å². The number of nitrogens with zero attached hydrogens (tertiary/aromatic N) is 2. The van der Waals surface area contributed by atoms with Gasteiger partial charge in [-0.05, 0) is 40.7 Å². The van der Waals surface area contributed by atoms with E-state index in [4.69, 9.17) is 11.6 Å². The molecule has 1 aromatic carbocycles. The Morgan fingerprint density at radius 3 is 2.42 bits per heavy atom. The molecule has 19 heavy (non-hydrogen) atoms. The molecule has 1 aromatic rings. The predicted octanol–water partition coefficient (Wildman–Crippen LogP) is 2.43. The summed E-state index contributed by atoms with van der Waals surface area (Å²) in [4.78, 5) is 2.53. The van der Waals surface area contributed by atoms with Crippen molar-refractivity contribution < 1.29 is 8.42 Å². The lowest BCUT2D eigenvalue weighted by molar-refractivity contribution is 0.196. The summed E-state index contributed by atoms with van der Waals surface area (Å²) in [6.45, 7) is 5.68. The average molecular weight is 368 g/mol. The second-order valence-corrected chi connectivity index (χ2v) is 7.61. The SMILES string of the molecule is CCN1CCN(S(=O)(=O)c2ccc(Cl)c(Br)c2)CC1. The quantitative estimate of drug-likeness (QED) is 0.824. The minimum absolute atomic E-state index is 0.286. The first-order valence-electron chi connectivity index (χ1n) is 6.12. The van der Waals surface area contributed by atoms with Crippen LogP contribution in [0.3, 0.4) is 0 Å². The molecule has 1 heterocycles. The molecule has 0 saturated carbocycles. The summed E-state index contributed by atoms with van der Waals surface area (Å²) in [5.41, 5.74) is 0. The summed E-state index contributed by atoms with van der Waals surface area (Å²) in [5, 5.41) is 0.509. The molecule has 0 N–H and O–H groups in total. The number of benzene rings is 1. The van der Waals surface area contributed by atoms with E-state index in [0.29, 0.717) is 22.6 Å². The van der Waals surface area contributed by atoms with Gasteiger partial charge in [0.25, 0.3) is 0 Å². The molecule has 106 valence electrons. The third kappa shape index (κ3) is 3.31. The Labute approximate surface area is 127 Å². The molecule has 0 atom stereocenters. The highest BCUT2D eigenvalue weighted by atomic mass is 79.9. The standard InChI is InChI=1S/C12H16BrClN2O2S/c1-2-15-5-7-16(8-6-15)19(17,18)10-3-4-12(14)11(13)9-10/h3-4,9H,2,5-8H2,1H3. The van der Waals surface area contributed by atoms with E-state index in [2.05, 4.69) is 27.8 Å². The third-order valence-corrected chi connectivity index (χ3v) is 6.42. The van der Waals surface area contributed by atoms with Gasteiger partial charge in [-0.15, -0.1) is 0 Å². The lowest BCUT2D eigenvalue weighted by Gasteiger charge is -2.33. The molecule has 1 aliphatic rings. The molecule has 0 aliphatic carbocycles. The molecule has 2 rings (SSSR count). The van der Waals surface area contributed by atoms with Gasteiger partial charge in [-0.1, -0.05) is 18.5 Å². The summed E-state index contributed by atoms with van der Waals surface area (Å²) < 4.78 is 27.1. The molecular weight excluding hydrogens is 352 g/mol. The van der Waals surface area contributed by atoms with Gasteiger partial charge in [0.05, 0.1) is 9.92 Å². The smallest absolute Gasteiger partial charge is 0.243 e. The Hall–Kier alpha value is -0.140. The lowest BCUT2D eigenvalue weighted by Crippen LogP contribution is -2.48. The fourth-order valence-electron chi connectivity index (χ4n) is 2.07. The fraction of sp³-hybridized carbons (Fsp3) is 0.500. The van der Waals surface area contributed by atoms with Crippen LogP contribution in [0.5, 0.6) is 0 Å². The van der Waals surface area contributed by atoms with Gasteiger partial charge in [0.2, 0.25) is 10.0 Å². The van der Waals surface area contributed by atoms with Crippen molar-refractivity contribution in [1.29, 1.82) is 0 Å². The van der Waals surface area contributed by atoms with Crippen LogP contribution in [-0.4, -0.2) is 50.3 Å². The first-order valence-corrected chi connectivity index (χ1v) is 8.74. The van der Waals surface area contributed by atoms with Crippen molar-refractivity contribution in [1.82, 2.24) is 9.21 Å². The van der Waals surface area contributed by atoms with Crippen molar-refractivity contribution in [2.24, 2.45) is 0 Å².